The molecule has 1 aliphatic carbocycles. The second kappa shape index (κ2) is 5.35. The lowest BCUT2D eigenvalue weighted by Crippen LogP contribution is -2.25. The van der Waals surface area contributed by atoms with Crippen molar-refractivity contribution in [1.29, 1.82) is 0 Å². The number of hydrogen-bond donors (Lipinski definition) is 1. The van der Waals surface area contributed by atoms with Crippen molar-refractivity contribution < 1.29 is 24.2 Å². The van der Waals surface area contributed by atoms with Crippen molar-refractivity contribution in [2.45, 2.75) is 19.8 Å². The number of phenols is 1. The van der Waals surface area contributed by atoms with Crippen LogP contribution in [0.15, 0.2) is 36.4 Å². The monoisotopic (exact) mass is 310 g/mol. The summed E-state index contributed by atoms with van der Waals surface area (Å²) in [6, 6.07) is 9.44. The van der Waals surface area contributed by atoms with Gasteiger partial charge in [-0.1, -0.05) is 24.3 Å². The van der Waals surface area contributed by atoms with Crippen LogP contribution in [0, 0.1) is 0 Å². The number of Topliss-reactive ketones (excluding diaryl/α,β-unsaturated/α-hetero) is 1. The zero-order valence-corrected chi connectivity index (χ0v) is 12.6. The number of carbonyl (C=O) groups excluding carboxylic acids is 3. The summed E-state index contributed by atoms with van der Waals surface area (Å²) in [5.74, 6) is -1.95. The first-order chi connectivity index (χ1) is 10.9. The average Bonchev–Trinajstić information content (AvgIpc) is 2.46. The molecule has 116 valence electrons. The molecule has 0 spiro atoms. The van der Waals surface area contributed by atoms with Gasteiger partial charge >= 0.3 is 5.97 Å². The lowest BCUT2D eigenvalue weighted by molar-refractivity contribution is -0.131. The average molecular weight is 310 g/mol. The Morgan fingerprint density at radius 1 is 1.00 bits per heavy atom. The quantitative estimate of drug-likeness (QED) is 0.681. The van der Waals surface area contributed by atoms with Crippen LogP contribution in [0.4, 0.5) is 0 Å². The summed E-state index contributed by atoms with van der Waals surface area (Å²) in [7, 11) is 0. The highest BCUT2D eigenvalue weighted by molar-refractivity contribution is 6.18. The number of esters is 1. The summed E-state index contributed by atoms with van der Waals surface area (Å²) >= 11 is 0. The van der Waals surface area contributed by atoms with Gasteiger partial charge in [-0.3, -0.25) is 14.4 Å². The molecule has 2 aromatic rings. The van der Waals surface area contributed by atoms with Crippen LogP contribution in [0.25, 0.3) is 0 Å². The fraction of sp³-hybridized carbons (Fsp3) is 0.167. The number of carbonyl (C=O) groups is 3. The summed E-state index contributed by atoms with van der Waals surface area (Å²) in [5, 5.41) is 10.1. The molecule has 0 aromatic heterocycles. The van der Waals surface area contributed by atoms with Crippen molar-refractivity contribution in [1.82, 2.24) is 0 Å². The number of ether oxygens (including phenoxy) is 1. The number of fused-ring (bicyclic) bond motifs is 2. The number of rotatable bonds is 2. The van der Waals surface area contributed by atoms with Crippen molar-refractivity contribution in [2.24, 2.45) is 0 Å². The molecule has 5 heteroatoms. The standard InChI is InChI=1S/C18H14O5/c1-9(19)15-11-5-3-7-13(21)16(11)18(22)17-12(15)6-4-8-14(17)23-10(2)20/h3-8,15,21H,1-2H3. The SMILES string of the molecule is CC(=O)Oc1cccc2c1C(=O)c1c(O)cccc1C2C(C)=O. The lowest BCUT2D eigenvalue weighted by Gasteiger charge is -2.27. The molecular weight excluding hydrogens is 296 g/mol. The summed E-state index contributed by atoms with van der Waals surface area (Å²) in [4.78, 5) is 36.3. The van der Waals surface area contributed by atoms with Gasteiger partial charge in [0.25, 0.3) is 0 Å². The number of benzene rings is 2. The lowest BCUT2D eigenvalue weighted by atomic mass is 9.75. The van der Waals surface area contributed by atoms with Crippen molar-refractivity contribution in [3.8, 4) is 11.5 Å². The molecule has 0 bridgehead atoms. The first-order valence-electron chi connectivity index (χ1n) is 7.10. The van der Waals surface area contributed by atoms with Crippen LogP contribution in [0.2, 0.25) is 0 Å². The molecule has 3 rings (SSSR count). The van der Waals surface area contributed by atoms with E-state index in [2.05, 4.69) is 0 Å². The molecule has 1 atom stereocenters. The van der Waals surface area contributed by atoms with Gasteiger partial charge < -0.3 is 9.84 Å². The summed E-state index contributed by atoms with van der Waals surface area (Å²) in [6.45, 7) is 2.66. The van der Waals surface area contributed by atoms with Gasteiger partial charge in [0.05, 0.1) is 17.0 Å². The molecular formula is C18H14O5. The third kappa shape index (κ3) is 2.30. The summed E-state index contributed by atoms with van der Waals surface area (Å²) in [5.41, 5.74) is 1.19. The Labute approximate surface area is 132 Å². The Hall–Kier alpha value is -2.95. The van der Waals surface area contributed by atoms with Gasteiger partial charge in [0.15, 0.2) is 0 Å². The van der Waals surface area contributed by atoms with Gasteiger partial charge in [-0.05, 0) is 30.2 Å². The van der Waals surface area contributed by atoms with E-state index in [0.29, 0.717) is 11.1 Å². The second-order valence-corrected chi connectivity index (χ2v) is 5.43. The van der Waals surface area contributed by atoms with Crippen LogP contribution in [0.1, 0.15) is 46.8 Å². The minimum atomic E-state index is -0.680. The van der Waals surface area contributed by atoms with Crippen LogP contribution in [0.3, 0.4) is 0 Å². The fourth-order valence-corrected chi connectivity index (χ4v) is 3.05. The van der Waals surface area contributed by atoms with Gasteiger partial charge in [0.2, 0.25) is 5.78 Å². The van der Waals surface area contributed by atoms with E-state index < -0.39 is 17.7 Å². The topological polar surface area (TPSA) is 80.7 Å². The van der Waals surface area contributed by atoms with Crippen molar-refractivity contribution >= 4 is 17.5 Å². The smallest absolute Gasteiger partial charge is 0.308 e. The van der Waals surface area contributed by atoms with E-state index in [4.69, 9.17) is 4.74 Å². The molecule has 0 saturated heterocycles. The molecule has 0 aliphatic heterocycles. The highest BCUT2D eigenvalue weighted by Crippen LogP contribution is 2.43. The molecule has 2 aromatic carbocycles. The van der Waals surface area contributed by atoms with Crippen molar-refractivity contribution in [3.63, 3.8) is 0 Å². The van der Waals surface area contributed by atoms with E-state index in [1.165, 1.54) is 26.0 Å². The summed E-state index contributed by atoms with van der Waals surface area (Å²) < 4.78 is 5.11. The minimum absolute atomic E-state index is 0.0832. The van der Waals surface area contributed by atoms with Gasteiger partial charge in [-0.15, -0.1) is 0 Å². The van der Waals surface area contributed by atoms with Crippen LogP contribution >= 0.6 is 0 Å². The molecule has 23 heavy (non-hydrogen) atoms. The molecule has 0 fully saturated rings. The molecule has 1 N–H and O–H groups in total. The van der Waals surface area contributed by atoms with Gasteiger partial charge in [0, 0.05) is 6.92 Å². The summed E-state index contributed by atoms with van der Waals surface area (Å²) in [6.07, 6.45) is 0. The van der Waals surface area contributed by atoms with Crippen LogP contribution in [0.5, 0.6) is 11.5 Å². The van der Waals surface area contributed by atoms with E-state index in [1.54, 1.807) is 24.3 Å². The number of hydrogen-bond acceptors (Lipinski definition) is 5. The van der Waals surface area contributed by atoms with Gasteiger partial charge in [0.1, 0.15) is 17.3 Å². The Kier molecular flexibility index (Phi) is 3.48. The van der Waals surface area contributed by atoms with Crippen LogP contribution in [-0.4, -0.2) is 22.6 Å². The maximum absolute atomic E-state index is 12.8. The highest BCUT2D eigenvalue weighted by atomic mass is 16.5. The molecule has 0 saturated carbocycles. The Morgan fingerprint density at radius 3 is 2.22 bits per heavy atom. The Bertz CT molecular complexity index is 850. The Morgan fingerprint density at radius 2 is 1.61 bits per heavy atom. The van der Waals surface area contributed by atoms with E-state index in [9.17, 15) is 19.5 Å². The largest absolute Gasteiger partial charge is 0.507 e. The van der Waals surface area contributed by atoms with Crippen molar-refractivity contribution in [3.05, 3.63) is 58.7 Å². The fourth-order valence-electron chi connectivity index (χ4n) is 3.05. The first kappa shape index (κ1) is 15.0. The number of phenolic OH excluding ortho intramolecular Hbond substituents is 1. The normalized spacial score (nSPS) is 15.6. The number of aromatic hydroxyl groups is 1. The predicted octanol–water partition coefficient (Wildman–Crippen LogP) is 2.58. The third-order valence-corrected chi connectivity index (χ3v) is 3.87. The maximum Gasteiger partial charge on any atom is 0.308 e. The zero-order chi connectivity index (χ0) is 16.7. The third-order valence-electron chi connectivity index (χ3n) is 3.87. The Balaban J connectivity index is 2.33. The van der Waals surface area contributed by atoms with Gasteiger partial charge in [-0.2, -0.15) is 0 Å². The van der Waals surface area contributed by atoms with Crippen LogP contribution in [-0.2, 0) is 9.59 Å². The molecule has 0 radical (unpaired) electrons. The molecule has 0 amide bonds. The number of ketones is 2. The van der Waals surface area contributed by atoms with Crippen LogP contribution < -0.4 is 4.74 Å². The predicted molar refractivity (Wildman–Crippen MR) is 81.8 cm³/mol. The minimum Gasteiger partial charge on any atom is -0.507 e. The van der Waals surface area contributed by atoms with E-state index >= 15 is 0 Å². The van der Waals surface area contributed by atoms with E-state index in [0.717, 1.165) is 0 Å². The molecule has 1 unspecified atom stereocenters. The van der Waals surface area contributed by atoms with Gasteiger partial charge in [-0.25, -0.2) is 0 Å². The highest BCUT2D eigenvalue weighted by Gasteiger charge is 2.37. The zero-order valence-electron chi connectivity index (χ0n) is 12.6. The maximum atomic E-state index is 12.8. The van der Waals surface area contributed by atoms with E-state index in [1.807, 2.05) is 0 Å². The molecule has 0 heterocycles. The molecule has 5 nitrogen and oxygen atoms in total. The van der Waals surface area contributed by atoms with E-state index in [-0.39, 0.29) is 28.4 Å². The molecule has 1 aliphatic rings. The first-order valence-corrected chi connectivity index (χ1v) is 7.10. The second-order valence-electron chi connectivity index (χ2n) is 5.43. The van der Waals surface area contributed by atoms with Crippen molar-refractivity contribution in [2.75, 3.05) is 0 Å².